The molecule has 0 fully saturated rings. The number of benzene rings is 2. The number of aryl methyl sites for hydroxylation is 1. The van der Waals surface area contributed by atoms with Crippen molar-refractivity contribution in [3.8, 4) is 0 Å². The molecule has 0 radical (unpaired) electrons. The van der Waals surface area contributed by atoms with Crippen LogP contribution < -0.4 is 5.73 Å². The van der Waals surface area contributed by atoms with Gasteiger partial charge in [0.15, 0.2) is 0 Å². The molecule has 0 saturated carbocycles. The van der Waals surface area contributed by atoms with E-state index in [1.165, 1.54) is 12.1 Å². The molecule has 0 amide bonds. The number of hydrogen-bond acceptors (Lipinski definition) is 2. The Morgan fingerprint density at radius 1 is 1.26 bits per heavy atom. The molecule has 19 heavy (non-hydrogen) atoms. The van der Waals surface area contributed by atoms with Crippen molar-refractivity contribution in [3.05, 3.63) is 58.4 Å². The molecule has 0 heterocycles. The summed E-state index contributed by atoms with van der Waals surface area (Å²) in [5, 5.41) is 0.0444. The Balaban J connectivity index is 2.20. The third-order valence-electron chi connectivity index (χ3n) is 2.79. The van der Waals surface area contributed by atoms with Gasteiger partial charge in [-0.1, -0.05) is 17.7 Å². The van der Waals surface area contributed by atoms with Crippen molar-refractivity contribution in [1.82, 2.24) is 0 Å². The average molecular weight is 298 g/mol. The number of rotatable bonds is 3. The van der Waals surface area contributed by atoms with Crippen LogP contribution in [0.1, 0.15) is 11.1 Å². The monoisotopic (exact) mass is 297 g/mol. The number of halogens is 2. The number of nitrogen functional groups attached to an aromatic ring is 1. The minimum atomic E-state index is -1.20. The highest BCUT2D eigenvalue weighted by Crippen LogP contribution is 2.21. The van der Waals surface area contributed by atoms with Crippen LogP contribution in [0.5, 0.6) is 0 Å². The molecule has 1 atom stereocenters. The molecule has 100 valence electrons. The highest BCUT2D eigenvalue weighted by Gasteiger charge is 2.08. The first-order valence-electron chi connectivity index (χ1n) is 5.66. The zero-order valence-electron chi connectivity index (χ0n) is 10.3. The summed E-state index contributed by atoms with van der Waals surface area (Å²) in [5.41, 5.74) is 8.02. The van der Waals surface area contributed by atoms with Crippen molar-refractivity contribution in [2.24, 2.45) is 0 Å². The average Bonchev–Trinajstić information content (AvgIpc) is 2.37. The summed E-state index contributed by atoms with van der Waals surface area (Å²) in [5.74, 6) is -0.178. The predicted molar refractivity (Wildman–Crippen MR) is 77.1 cm³/mol. The van der Waals surface area contributed by atoms with Crippen LogP contribution in [0.15, 0.2) is 41.3 Å². The molecular weight excluding hydrogens is 285 g/mol. The third-order valence-corrected chi connectivity index (χ3v) is 4.45. The topological polar surface area (TPSA) is 43.1 Å². The summed E-state index contributed by atoms with van der Waals surface area (Å²) in [6.07, 6.45) is 0. The second kappa shape index (κ2) is 5.72. The van der Waals surface area contributed by atoms with Crippen molar-refractivity contribution in [1.29, 1.82) is 0 Å². The van der Waals surface area contributed by atoms with Crippen molar-refractivity contribution in [3.63, 3.8) is 0 Å². The lowest BCUT2D eigenvalue weighted by atomic mass is 10.2. The highest BCUT2D eigenvalue weighted by molar-refractivity contribution is 7.84. The zero-order chi connectivity index (χ0) is 14.0. The molecule has 0 aliphatic heterocycles. The van der Waals surface area contributed by atoms with Crippen LogP contribution in [-0.2, 0) is 16.6 Å². The Morgan fingerprint density at radius 3 is 2.63 bits per heavy atom. The molecule has 2 aromatic rings. The van der Waals surface area contributed by atoms with Gasteiger partial charge in [-0.2, -0.15) is 0 Å². The van der Waals surface area contributed by atoms with Crippen LogP contribution in [0.2, 0.25) is 5.02 Å². The summed E-state index contributed by atoms with van der Waals surface area (Å²) in [7, 11) is -1.20. The van der Waals surface area contributed by atoms with Crippen LogP contribution in [-0.4, -0.2) is 4.21 Å². The van der Waals surface area contributed by atoms with Crippen molar-refractivity contribution in [2.45, 2.75) is 17.6 Å². The number of anilines is 1. The number of nitrogens with two attached hydrogens (primary N) is 1. The van der Waals surface area contributed by atoms with Crippen molar-refractivity contribution >= 4 is 28.1 Å². The Morgan fingerprint density at radius 2 is 2.00 bits per heavy atom. The standard InChI is InChI=1S/C14H13ClFNOS/c1-9-6-11(3-5-14(9)17)19(18)8-10-2-4-13(16)12(15)7-10/h2-7H,8,17H2,1H3. The SMILES string of the molecule is Cc1cc(S(=O)Cc2ccc(F)c(Cl)c2)ccc1N. The molecule has 0 aliphatic carbocycles. The maximum Gasteiger partial charge on any atom is 0.141 e. The molecule has 0 saturated heterocycles. The summed E-state index contributed by atoms with van der Waals surface area (Å²) in [6.45, 7) is 1.87. The molecule has 2 rings (SSSR count). The maximum atomic E-state index is 13.0. The molecule has 0 bridgehead atoms. The summed E-state index contributed by atoms with van der Waals surface area (Å²) < 4.78 is 25.2. The Bertz CT molecular complexity index is 645. The van der Waals surface area contributed by atoms with Gasteiger partial charge in [0.05, 0.1) is 21.6 Å². The molecule has 2 nitrogen and oxygen atoms in total. The zero-order valence-corrected chi connectivity index (χ0v) is 11.9. The van der Waals surface area contributed by atoms with E-state index >= 15 is 0 Å². The first-order chi connectivity index (χ1) is 8.97. The first kappa shape index (κ1) is 14.0. The fourth-order valence-corrected chi connectivity index (χ4v) is 3.03. The van der Waals surface area contributed by atoms with Crippen LogP contribution in [0.25, 0.3) is 0 Å². The normalized spacial score (nSPS) is 12.4. The van der Waals surface area contributed by atoms with Gasteiger partial charge in [-0.15, -0.1) is 0 Å². The lowest BCUT2D eigenvalue weighted by Gasteiger charge is -2.06. The summed E-state index contributed by atoms with van der Waals surface area (Å²) in [6, 6.07) is 9.64. The maximum absolute atomic E-state index is 13.0. The van der Waals surface area contributed by atoms with Crippen molar-refractivity contribution < 1.29 is 8.60 Å². The van der Waals surface area contributed by atoms with Crippen LogP contribution in [0.3, 0.4) is 0 Å². The van der Waals surface area contributed by atoms with E-state index in [-0.39, 0.29) is 5.02 Å². The molecule has 5 heteroatoms. The highest BCUT2D eigenvalue weighted by atomic mass is 35.5. The molecule has 0 aliphatic rings. The van der Waals surface area contributed by atoms with Crippen LogP contribution in [0, 0.1) is 12.7 Å². The van der Waals surface area contributed by atoms with Gasteiger partial charge in [0.1, 0.15) is 5.82 Å². The number of hydrogen-bond donors (Lipinski definition) is 1. The van der Waals surface area contributed by atoms with E-state index in [1.54, 1.807) is 24.3 Å². The van der Waals surface area contributed by atoms with E-state index in [4.69, 9.17) is 17.3 Å². The molecule has 2 aromatic carbocycles. The van der Waals surface area contributed by atoms with Gasteiger partial charge >= 0.3 is 0 Å². The van der Waals surface area contributed by atoms with Gasteiger partial charge < -0.3 is 5.73 Å². The lowest BCUT2D eigenvalue weighted by molar-refractivity contribution is 0.627. The Labute approximate surface area is 118 Å². The third kappa shape index (κ3) is 3.33. The van der Waals surface area contributed by atoms with Gasteiger partial charge in [0.2, 0.25) is 0 Å². The van der Waals surface area contributed by atoms with Gasteiger partial charge in [0, 0.05) is 10.6 Å². The second-order valence-electron chi connectivity index (χ2n) is 4.26. The van der Waals surface area contributed by atoms with E-state index in [1.807, 2.05) is 6.92 Å². The fourth-order valence-electron chi connectivity index (χ4n) is 1.65. The molecule has 1 unspecified atom stereocenters. The van der Waals surface area contributed by atoms with E-state index in [0.717, 1.165) is 11.1 Å². The smallest absolute Gasteiger partial charge is 0.141 e. The van der Waals surface area contributed by atoms with Crippen LogP contribution >= 0.6 is 11.6 Å². The van der Waals surface area contributed by atoms with E-state index in [0.29, 0.717) is 16.3 Å². The molecule has 0 aromatic heterocycles. The summed E-state index contributed by atoms with van der Waals surface area (Å²) >= 11 is 5.70. The van der Waals surface area contributed by atoms with Gasteiger partial charge in [-0.25, -0.2) is 4.39 Å². The van der Waals surface area contributed by atoms with Crippen LogP contribution in [0.4, 0.5) is 10.1 Å². The quantitative estimate of drug-likeness (QED) is 0.878. The molecular formula is C14H13ClFNOS. The molecule has 2 N–H and O–H groups in total. The van der Waals surface area contributed by atoms with E-state index in [2.05, 4.69) is 0 Å². The van der Waals surface area contributed by atoms with Gasteiger partial charge in [-0.3, -0.25) is 4.21 Å². The predicted octanol–water partition coefficient (Wildman–Crippen LogP) is 3.68. The Hall–Kier alpha value is -1.39. The Kier molecular flexibility index (Phi) is 4.22. The van der Waals surface area contributed by atoms with Gasteiger partial charge in [-0.05, 0) is 48.4 Å². The minimum absolute atomic E-state index is 0.0444. The fraction of sp³-hybridized carbons (Fsp3) is 0.143. The lowest BCUT2D eigenvalue weighted by Crippen LogP contribution is -1.99. The van der Waals surface area contributed by atoms with Gasteiger partial charge in [0.25, 0.3) is 0 Å². The molecule has 0 spiro atoms. The first-order valence-corrected chi connectivity index (χ1v) is 7.35. The van der Waals surface area contributed by atoms with E-state index in [9.17, 15) is 8.60 Å². The minimum Gasteiger partial charge on any atom is -0.399 e. The van der Waals surface area contributed by atoms with Crippen molar-refractivity contribution in [2.75, 3.05) is 5.73 Å². The second-order valence-corrected chi connectivity index (χ2v) is 6.12. The van der Waals surface area contributed by atoms with E-state index < -0.39 is 16.6 Å². The summed E-state index contributed by atoms with van der Waals surface area (Å²) in [4.78, 5) is 0.701. The largest absolute Gasteiger partial charge is 0.399 e.